The molecule has 3 rings (SSSR count). The Hall–Kier alpha value is -2.89. The summed E-state index contributed by atoms with van der Waals surface area (Å²) >= 11 is 0. The number of aromatic nitrogens is 1. The molecule has 6 nitrogen and oxygen atoms in total. The molecule has 1 aliphatic rings. The fourth-order valence-electron chi connectivity index (χ4n) is 3.32. The summed E-state index contributed by atoms with van der Waals surface area (Å²) in [5.41, 5.74) is 3.04. The van der Waals surface area contributed by atoms with Gasteiger partial charge in [0.25, 0.3) is 5.91 Å². The van der Waals surface area contributed by atoms with Crippen molar-refractivity contribution < 1.29 is 19.5 Å². The van der Waals surface area contributed by atoms with Gasteiger partial charge >= 0.3 is 5.97 Å². The lowest BCUT2D eigenvalue weighted by Crippen LogP contribution is -2.32. The highest BCUT2D eigenvalue weighted by molar-refractivity contribution is 6.04. The third-order valence-electron chi connectivity index (χ3n) is 4.63. The summed E-state index contributed by atoms with van der Waals surface area (Å²) in [5, 5.41) is 12.1. The van der Waals surface area contributed by atoms with Gasteiger partial charge in [-0.15, -0.1) is 0 Å². The quantitative estimate of drug-likeness (QED) is 0.778. The van der Waals surface area contributed by atoms with Crippen LogP contribution >= 0.6 is 0 Å². The second-order valence-corrected chi connectivity index (χ2v) is 6.27. The molecule has 0 radical (unpaired) electrons. The van der Waals surface area contributed by atoms with Crippen molar-refractivity contribution in [1.82, 2.24) is 10.3 Å². The van der Waals surface area contributed by atoms with E-state index >= 15 is 0 Å². The fourth-order valence-corrected chi connectivity index (χ4v) is 3.32. The number of rotatable bonds is 5. The van der Waals surface area contributed by atoms with Crippen molar-refractivity contribution in [3.63, 3.8) is 0 Å². The smallest absolute Gasteiger partial charge is 0.312 e. The summed E-state index contributed by atoms with van der Waals surface area (Å²) in [6.07, 6.45) is 2.03. The molecule has 1 amide bonds. The van der Waals surface area contributed by atoms with Gasteiger partial charge in [-0.3, -0.25) is 14.4 Å². The molecular formula is C19H20N2O4. The molecule has 130 valence electrons. The van der Waals surface area contributed by atoms with E-state index in [1.807, 2.05) is 6.07 Å². The maximum Gasteiger partial charge on any atom is 0.312 e. The van der Waals surface area contributed by atoms with Gasteiger partial charge in [-0.1, -0.05) is 30.3 Å². The van der Waals surface area contributed by atoms with Crippen molar-refractivity contribution >= 4 is 17.7 Å². The Labute approximate surface area is 145 Å². The first-order chi connectivity index (χ1) is 12.0. The molecule has 1 atom stereocenters. The molecule has 1 heterocycles. The molecule has 6 heteroatoms. The minimum atomic E-state index is -0.996. The van der Waals surface area contributed by atoms with E-state index < -0.39 is 11.9 Å². The fraction of sp³-hybridized carbons (Fsp3) is 0.316. The molecular weight excluding hydrogens is 320 g/mol. The van der Waals surface area contributed by atoms with Gasteiger partial charge in [-0.25, -0.2) is 0 Å². The first-order valence-electron chi connectivity index (χ1n) is 8.29. The van der Waals surface area contributed by atoms with Crippen LogP contribution < -0.4 is 5.32 Å². The number of ketones is 1. The van der Waals surface area contributed by atoms with Crippen molar-refractivity contribution in [3.8, 4) is 0 Å². The Morgan fingerprint density at radius 2 is 1.96 bits per heavy atom. The van der Waals surface area contributed by atoms with Gasteiger partial charge in [-0.2, -0.15) is 0 Å². The zero-order valence-electron chi connectivity index (χ0n) is 14.0. The normalized spacial score (nSPS) is 14.7. The number of carboxylic acid groups (broad SMARTS) is 1. The van der Waals surface area contributed by atoms with Crippen molar-refractivity contribution in [1.29, 1.82) is 0 Å². The Morgan fingerprint density at radius 3 is 2.60 bits per heavy atom. The van der Waals surface area contributed by atoms with Crippen LogP contribution in [0.3, 0.4) is 0 Å². The van der Waals surface area contributed by atoms with Crippen LogP contribution in [0.4, 0.5) is 0 Å². The first-order valence-corrected chi connectivity index (χ1v) is 8.29. The minimum Gasteiger partial charge on any atom is -0.481 e. The highest BCUT2D eigenvalue weighted by atomic mass is 16.4. The van der Waals surface area contributed by atoms with Crippen molar-refractivity contribution in [2.75, 3.05) is 6.54 Å². The summed E-state index contributed by atoms with van der Waals surface area (Å²) in [7, 11) is 0. The summed E-state index contributed by atoms with van der Waals surface area (Å²) in [4.78, 5) is 39.1. The van der Waals surface area contributed by atoms with Gasteiger partial charge in [0.05, 0.1) is 5.92 Å². The molecule has 1 unspecified atom stereocenters. The molecule has 0 saturated heterocycles. The highest BCUT2D eigenvalue weighted by Gasteiger charge is 2.27. The maximum atomic E-state index is 12.5. The molecule has 3 N–H and O–H groups in total. The van der Waals surface area contributed by atoms with Crippen LogP contribution in [-0.2, 0) is 11.2 Å². The van der Waals surface area contributed by atoms with E-state index in [1.54, 1.807) is 31.2 Å². The summed E-state index contributed by atoms with van der Waals surface area (Å²) in [6.45, 7) is 1.73. The van der Waals surface area contributed by atoms with E-state index in [0.717, 1.165) is 18.5 Å². The molecule has 25 heavy (non-hydrogen) atoms. The summed E-state index contributed by atoms with van der Waals surface area (Å²) in [6, 6.07) is 8.79. The van der Waals surface area contributed by atoms with Crippen LogP contribution in [0.25, 0.3) is 0 Å². The lowest BCUT2D eigenvalue weighted by Gasteiger charge is -2.13. The lowest BCUT2D eigenvalue weighted by molar-refractivity contribution is -0.138. The second kappa shape index (κ2) is 6.93. The Morgan fingerprint density at radius 1 is 1.24 bits per heavy atom. The van der Waals surface area contributed by atoms with E-state index in [1.165, 1.54) is 0 Å². The number of aromatic amines is 1. The molecule has 0 bridgehead atoms. The maximum absolute atomic E-state index is 12.5. The van der Waals surface area contributed by atoms with Crippen LogP contribution in [0.1, 0.15) is 56.4 Å². The predicted molar refractivity (Wildman–Crippen MR) is 92.0 cm³/mol. The summed E-state index contributed by atoms with van der Waals surface area (Å²) < 4.78 is 0. The number of hydrogen-bond donors (Lipinski definition) is 3. The van der Waals surface area contributed by atoms with Crippen molar-refractivity contribution in [3.05, 3.63) is 58.4 Å². The number of amides is 1. The third kappa shape index (κ3) is 3.33. The third-order valence-corrected chi connectivity index (χ3v) is 4.63. The molecule has 1 aromatic carbocycles. The number of hydrogen-bond acceptors (Lipinski definition) is 3. The van der Waals surface area contributed by atoms with Crippen molar-refractivity contribution in [2.24, 2.45) is 0 Å². The summed E-state index contributed by atoms with van der Waals surface area (Å²) in [5.74, 6) is -2.15. The zero-order valence-corrected chi connectivity index (χ0v) is 14.0. The Kier molecular flexibility index (Phi) is 4.70. The number of aryl methyl sites for hydroxylation is 1. The number of benzene rings is 1. The van der Waals surface area contributed by atoms with Crippen LogP contribution in [-0.4, -0.2) is 34.3 Å². The van der Waals surface area contributed by atoms with E-state index in [-0.39, 0.29) is 18.2 Å². The number of fused-ring (bicyclic) bond motifs is 1. The molecule has 0 spiro atoms. The Bertz CT molecular complexity index is 823. The lowest BCUT2D eigenvalue weighted by atomic mass is 9.93. The number of aliphatic carboxylic acids is 1. The van der Waals surface area contributed by atoms with Crippen LogP contribution in [0.2, 0.25) is 0 Å². The van der Waals surface area contributed by atoms with Crippen LogP contribution in [0, 0.1) is 6.92 Å². The van der Waals surface area contributed by atoms with E-state index in [2.05, 4.69) is 10.3 Å². The Balaban J connectivity index is 1.76. The highest BCUT2D eigenvalue weighted by Crippen LogP contribution is 2.26. The van der Waals surface area contributed by atoms with Gasteiger partial charge < -0.3 is 15.4 Å². The van der Waals surface area contributed by atoms with Gasteiger partial charge in [0, 0.05) is 24.2 Å². The largest absolute Gasteiger partial charge is 0.481 e. The number of Topliss-reactive ketones (excluding diaryl/α,β-unsaturated/α-hetero) is 1. The number of H-pyrrole nitrogens is 1. The molecule has 2 aromatic rings. The van der Waals surface area contributed by atoms with Gasteiger partial charge in [0.15, 0.2) is 5.78 Å². The number of carbonyl (C=O) groups is 3. The minimum absolute atomic E-state index is 0.0186. The van der Waals surface area contributed by atoms with E-state index in [0.29, 0.717) is 28.8 Å². The van der Waals surface area contributed by atoms with Gasteiger partial charge in [0.1, 0.15) is 5.69 Å². The van der Waals surface area contributed by atoms with E-state index in [4.69, 9.17) is 0 Å². The van der Waals surface area contributed by atoms with Gasteiger partial charge in [0.2, 0.25) is 0 Å². The topological polar surface area (TPSA) is 99.3 Å². The molecule has 0 aliphatic heterocycles. The molecule has 0 fully saturated rings. The number of nitrogens with one attached hydrogen (secondary N) is 2. The number of carbonyl (C=O) groups excluding carboxylic acids is 2. The molecule has 1 aliphatic carbocycles. The van der Waals surface area contributed by atoms with E-state index in [9.17, 15) is 19.5 Å². The predicted octanol–water partition coefficient (Wildman–Crippen LogP) is 2.44. The van der Waals surface area contributed by atoms with Crippen LogP contribution in [0.15, 0.2) is 30.3 Å². The average molecular weight is 340 g/mol. The standard InChI is InChI=1S/C19H20N2O4/c1-11-16-14(8-5-9-15(16)22)21-17(11)18(23)20-10-13(19(24)25)12-6-3-2-4-7-12/h2-4,6-7,13,21H,5,8-10H2,1H3,(H,20,23)(H,24,25). The van der Waals surface area contributed by atoms with Crippen LogP contribution in [0.5, 0.6) is 0 Å². The zero-order chi connectivity index (χ0) is 18.0. The molecule has 0 saturated carbocycles. The van der Waals surface area contributed by atoms with Gasteiger partial charge in [-0.05, 0) is 30.9 Å². The molecule has 1 aromatic heterocycles. The SMILES string of the molecule is Cc1c(C(=O)NCC(C(=O)O)c2ccccc2)[nH]c2c1C(=O)CCC2. The monoisotopic (exact) mass is 340 g/mol. The number of carboxylic acids is 1. The second-order valence-electron chi connectivity index (χ2n) is 6.27. The average Bonchev–Trinajstić information content (AvgIpc) is 2.94. The first kappa shape index (κ1) is 17.0. The van der Waals surface area contributed by atoms with Crippen molar-refractivity contribution in [2.45, 2.75) is 32.1 Å².